The van der Waals surface area contributed by atoms with Crippen LogP contribution in [0.1, 0.15) is 12.5 Å². The van der Waals surface area contributed by atoms with Gasteiger partial charge in [0.05, 0.1) is 18.3 Å². The first-order valence-electron chi connectivity index (χ1n) is 7.05. The van der Waals surface area contributed by atoms with Gasteiger partial charge in [0.2, 0.25) is 0 Å². The average Bonchev–Trinajstić information content (AvgIpc) is 2.92. The van der Waals surface area contributed by atoms with Crippen molar-refractivity contribution in [3.05, 3.63) is 36.2 Å². The number of rotatable bonds is 6. The van der Waals surface area contributed by atoms with Gasteiger partial charge in [0, 0.05) is 25.2 Å². The van der Waals surface area contributed by atoms with Gasteiger partial charge in [-0.05, 0) is 17.7 Å². The molecular weight excluding hydrogens is 369 g/mol. The number of halogens is 6. The van der Waals surface area contributed by atoms with Crippen molar-refractivity contribution in [3.63, 3.8) is 0 Å². The first kappa shape index (κ1) is 21.2. The molecule has 140 valence electrons. The molecule has 2 N–H and O–H groups in total. The summed E-state index contributed by atoms with van der Waals surface area (Å²) in [6.07, 6.45) is -1.77. The Morgan fingerprint density at radius 3 is 2.40 bits per heavy atom. The summed E-state index contributed by atoms with van der Waals surface area (Å²) in [4.78, 5) is 0. The lowest BCUT2D eigenvalue weighted by atomic mass is 10.0. The van der Waals surface area contributed by atoms with Gasteiger partial charge in [-0.1, -0.05) is 6.07 Å². The molecule has 1 heterocycles. The number of hydrogen-bond acceptors (Lipinski definition) is 3. The van der Waals surface area contributed by atoms with Gasteiger partial charge in [-0.15, -0.1) is 12.4 Å². The number of benzene rings is 1. The molecule has 2 aromatic rings. The highest BCUT2D eigenvalue weighted by atomic mass is 35.5. The number of alkyl halides is 5. The van der Waals surface area contributed by atoms with Crippen LogP contribution in [-0.2, 0) is 12.7 Å². The molecule has 0 saturated carbocycles. The van der Waals surface area contributed by atoms with Crippen molar-refractivity contribution in [2.75, 3.05) is 13.2 Å². The zero-order valence-corrected chi connectivity index (χ0v) is 14.0. The minimum absolute atomic E-state index is 0. The van der Waals surface area contributed by atoms with Gasteiger partial charge in [-0.2, -0.15) is 18.3 Å². The van der Waals surface area contributed by atoms with E-state index in [1.165, 1.54) is 16.9 Å². The highest BCUT2D eigenvalue weighted by molar-refractivity contribution is 5.85. The molecule has 0 amide bonds. The number of hydrogen-bond donors (Lipinski definition) is 1. The van der Waals surface area contributed by atoms with Crippen LogP contribution in [0.5, 0.6) is 5.75 Å². The van der Waals surface area contributed by atoms with Gasteiger partial charge in [0.1, 0.15) is 5.75 Å². The lowest BCUT2D eigenvalue weighted by Crippen LogP contribution is -2.22. The zero-order chi connectivity index (χ0) is 18.0. The summed E-state index contributed by atoms with van der Waals surface area (Å²) in [5.41, 5.74) is 4.99. The van der Waals surface area contributed by atoms with E-state index in [0.717, 1.165) is 12.1 Å². The summed E-state index contributed by atoms with van der Waals surface area (Å²) in [6, 6.07) is 3.25. The van der Waals surface area contributed by atoms with E-state index in [1.807, 2.05) is 0 Å². The van der Waals surface area contributed by atoms with Gasteiger partial charge in [0.25, 0.3) is 5.92 Å². The summed E-state index contributed by atoms with van der Waals surface area (Å²) in [5, 5.41) is 3.99. The molecule has 4 nitrogen and oxygen atoms in total. The molecule has 0 atom stereocenters. The van der Waals surface area contributed by atoms with Crippen LogP contribution >= 0.6 is 12.4 Å². The summed E-state index contributed by atoms with van der Waals surface area (Å²) in [7, 11) is 0. The van der Waals surface area contributed by atoms with E-state index >= 15 is 0 Å². The van der Waals surface area contributed by atoms with Crippen LogP contribution in [0.3, 0.4) is 0 Å². The maximum absolute atomic E-state index is 13.2. The van der Waals surface area contributed by atoms with Crippen LogP contribution in [0.2, 0.25) is 0 Å². The standard InChI is InChI=1S/C15H16F5N3O.ClH/c1-14(16,17)9-24-13-3-2-10(6-12(13)15(18,19)20)11-7-22-23(8-11)5-4-21;/h2-3,6-8H,4-5,9,21H2,1H3;1H. The Morgan fingerprint density at radius 1 is 1.16 bits per heavy atom. The van der Waals surface area contributed by atoms with Gasteiger partial charge >= 0.3 is 6.18 Å². The van der Waals surface area contributed by atoms with E-state index in [0.29, 0.717) is 25.6 Å². The second-order valence-corrected chi connectivity index (χ2v) is 5.35. The lowest BCUT2D eigenvalue weighted by Gasteiger charge is -2.17. The Hall–Kier alpha value is -1.87. The molecule has 0 spiro atoms. The SMILES string of the molecule is CC(F)(F)COc1ccc(-c2cnn(CCN)c2)cc1C(F)(F)F.Cl. The molecule has 0 aliphatic carbocycles. The van der Waals surface area contributed by atoms with Gasteiger partial charge in [-0.3, -0.25) is 4.68 Å². The molecule has 0 saturated heterocycles. The number of nitrogens with two attached hydrogens (primary N) is 1. The van der Waals surface area contributed by atoms with Gasteiger partial charge < -0.3 is 10.5 Å². The highest BCUT2D eigenvalue weighted by Crippen LogP contribution is 2.39. The topological polar surface area (TPSA) is 53.1 Å². The van der Waals surface area contributed by atoms with Crippen LogP contribution < -0.4 is 10.5 Å². The normalized spacial score (nSPS) is 12.0. The third-order valence-electron chi connectivity index (χ3n) is 3.09. The first-order valence-corrected chi connectivity index (χ1v) is 7.05. The van der Waals surface area contributed by atoms with E-state index in [9.17, 15) is 22.0 Å². The molecule has 0 bridgehead atoms. The van der Waals surface area contributed by atoms with Crippen LogP contribution in [0.25, 0.3) is 11.1 Å². The summed E-state index contributed by atoms with van der Waals surface area (Å²) in [6.45, 7) is 0.205. The Balaban J connectivity index is 0.00000312. The molecule has 0 fully saturated rings. The predicted octanol–water partition coefficient (Wildman–Crippen LogP) is 3.98. The van der Waals surface area contributed by atoms with Crippen molar-refractivity contribution in [2.24, 2.45) is 5.73 Å². The van der Waals surface area contributed by atoms with Crippen molar-refractivity contribution in [1.29, 1.82) is 0 Å². The van der Waals surface area contributed by atoms with Crippen LogP contribution in [0.15, 0.2) is 30.6 Å². The molecule has 25 heavy (non-hydrogen) atoms. The van der Waals surface area contributed by atoms with E-state index in [-0.39, 0.29) is 18.0 Å². The summed E-state index contributed by atoms with van der Waals surface area (Å²) in [5.74, 6) is -3.87. The van der Waals surface area contributed by atoms with Gasteiger partial charge in [0.15, 0.2) is 6.61 Å². The van der Waals surface area contributed by atoms with E-state index in [2.05, 4.69) is 9.84 Å². The molecule has 0 radical (unpaired) electrons. The molecular formula is C15H17ClF5N3O. The van der Waals surface area contributed by atoms with Crippen molar-refractivity contribution < 1.29 is 26.7 Å². The van der Waals surface area contributed by atoms with E-state index < -0.39 is 30.0 Å². The first-order chi connectivity index (χ1) is 11.1. The number of aromatic nitrogens is 2. The monoisotopic (exact) mass is 385 g/mol. The zero-order valence-electron chi connectivity index (χ0n) is 13.2. The Bertz CT molecular complexity index is 697. The molecule has 0 unspecified atom stereocenters. The Kier molecular flexibility index (Phi) is 6.78. The Morgan fingerprint density at radius 2 is 1.84 bits per heavy atom. The smallest absolute Gasteiger partial charge is 0.419 e. The summed E-state index contributed by atoms with van der Waals surface area (Å²) < 4.78 is 71.4. The fourth-order valence-corrected chi connectivity index (χ4v) is 2.03. The van der Waals surface area contributed by atoms with Crippen molar-refractivity contribution in [2.45, 2.75) is 25.6 Å². The minimum atomic E-state index is -4.73. The largest absolute Gasteiger partial charge is 0.487 e. The molecule has 1 aromatic heterocycles. The van der Waals surface area contributed by atoms with Crippen molar-refractivity contribution in [3.8, 4) is 16.9 Å². The van der Waals surface area contributed by atoms with Crippen molar-refractivity contribution in [1.82, 2.24) is 9.78 Å². The highest BCUT2D eigenvalue weighted by Gasteiger charge is 2.35. The third kappa shape index (κ3) is 5.86. The van der Waals surface area contributed by atoms with Crippen LogP contribution in [0, 0.1) is 0 Å². The molecule has 10 heteroatoms. The quantitative estimate of drug-likeness (QED) is 0.765. The number of nitrogens with zero attached hydrogens (tertiary/aromatic N) is 2. The van der Waals surface area contributed by atoms with Crippen molar-refractivity contribution >= 4 is 12.4 Å². The molecule has 0 aliphatic heterocycles. The Labute approximate surface area is 147 Å². The maximum Gasteiger partial charge on any atom is 0.419 e. The minimum Gasteiger partial charge on any atom is -0.487 e. The fourth-order valence-electron chi connectivity index (χ4n) is 2.03. The van der Waals surface area contributed by atoms with Gasteiger partial charge in [-0.25, -0.2) is 8.78 Å². The molecule has 0 aliphatic rings. The van der Waals surface area contributed by atoms with E-state index in [1.54, 1.807) is 6.20 Å². The van der Waals surface area contributed by atoms with Crippen LogP contribution in [0.4, 0.5) is 22.0 Å². The second-order valence-electron chi connectivity index (χ2n) is 5.35. The van der Waals surface area contributed by atoms with Crippen LogP contribution in [-0.4, -0.2) is 28.9 Å². The third-order valence-corrected chi connectivity index (χ3v) is 3.09. The summed E-state index contributed by atoms with van der Waals surface area (Å²) >= 11 is 0. The predicted molar refractivity (Wildman–Crippen MR) is 85.1 cm³/mol. The second kappa shape index (κ2) is 8.01. The maximum atomic E-state index is 13.2. The lowest BCUT2D eigenvalue weighted by molar-refractivity contribution is -0.139. The average molecular weight is 386 g/mol. The fraction of sp³-hybridized carbons (Fsp3) is 0.400. The number of ether oxygens (including phenoxy) is 1. The van der Waals surface area contributed by atoms with E-state index in [4.69, 9.17) is 5.73 Å². The molecule has 2 rings (SSSR count). The molecule has 1 aromatic carbocycles.